The summed E-state index contributed by atoms with van der Waals surface area (Å²) in [6, 6.07) is 3.41. The molecule has 1 aromatic heterocycles. The quantitative estimate of drug-likeness (QED) is 0.726. The second-order valence-corrected chi connectivity index (χ2v) is 6.39. The van der Waals surface area contributed by atoms with Crippen molar-refractivity contribution in [3.05, 3.63) is 24.2 Å². The molecular weight excluding hydrogens is 310 g/mol. The fourth-order valence-electron chi connectivity index (χ4n) is 3.12. The van der Waals surface area contributed by atoms with E-state index in [2.05, 4.69) is 15.1 Å². The van der Waals surface area contributed by atoms with Crippen LogP contribution in [-0.4, -0.2) is 80.0 Å². The standard InChI is InChI=1S/C17H25N3O4/c21-15(16-4-2-10-24-16)12-19-5-7-20(8-6-19)13-17(22)18-11-14-3-1-9-23-14/h2,4,10,14H,1,3,5-9,11-13H2,(H,18,22). The van der Waals surface area contributed by atoms with Gasteiger partial charge in [0.05, 0.1) is 25.5 Å². The van der Waals surface area contributed by atoms with Crippen LogP contribution in [0.1, 0.15) is 23.4 Å². The minimum absolute atomic E-state index is 0.00255. The van der Waals surface area contributed by atoms with Gasteiger partial charge in [-0.2, -0.15) is 0 Å². The predicted molar refractivity (Wildman–Crippen MR) is 87.9 cm³/mol. The number of hydrogen-bond acceptors (Lipinski definition) is 6. The van der Waals surface area contributed by atoms with Crippen molar-refractivity contribution >= 4 is 11.7 Å². The van der Waals surface area contributed by atoms with Gasteiger partial charge in [0.2, 0.25) is 11.7 Å². The molecule has 7 nitrogen and oxygen atoms in total. The van der Waals surface area contributed by atoms with Crippen LogP contribution in [0, 0.1) is 0 Å². The van der Waals surface area contributed by atoms with E-state index in [0.29, 0.717) is 25.4 Å². The molecule has 0 spiro atoms. The summed E-state index contributed by atoms with van der Waals surface area (Å²) in [4.78, 5) is 28.2. The molecule has 0 radical (unpaired) electrons. The summed E-state index contributed by atoms with van der Waals surface area (Å²) < 4.78 is 10.6. The van der Waals surface area contributed by atoms with Gasteiger partial charge in [0.25, 0.3) is 0 Å². The Bertz CT molecular complexity index is 532. The van der Waals surface area contributed by atoms with E-state index in [0.717, 1.165) is 45.6 Å². The number of amides is 1. The number of hydrogen-bond donors (Lipinski definition) is 1. The molecule has 2 fully saturated rings. The third kappa shape index (κ3) is 4.90. The Morgan fingerprint density at radius 1 is 1.17 bits per heavy atom. The number of piperazine rings is 1. The number of nitrogens with one attached hydrogen (secondary N) is 1. The van der Waals surface area contributed by atoms with Crippen molar-refractivity contribution in [2.75, 3.05) is 52.4 Å². The van der Waals surface area contributed by atoms with E-state index < -0.39 is 0 Å². The Hall–Kier alpha value is -1.70. The van der Waals surface area contributed by atoms with Crippen LogP contribution in [0.25, 0.3) is 0 Å². The first-order chi connectivity index (χ1) is 11.7. The van der Waals surface area contributed by atoms with Crippen molar-refractivity contribution in [1.82, 2.24) is 15.1 Å². The molecule has 0 bridgehead atoms. The van der Waals surface area contributed by atoms with Crippen LogP contribution >= 0.6 is 0 Å². The van der Waals surface area contributed by atoms with Gasteiger partial charge in [-0.25, -0.2) is 0 Å². The maximum Gasteiger partial charge on any atom is 0.234 e. The highest BCUT2D eigenvalue weighted by Gasteiger charge is 2.22. The van der Waals surface area contributed by atoms with Crippen molar-refractivity contribution in [3.8, 4) is 0 Å². The predicted octanol–water partition coefficient (Wildman–Crippen LogP) is 0.375. The largest absolute Gasteiger partial charge is 0.461 e. The molecule has 1 N–H and O–H groups in total. The van der Waals surface area contributed by atoms with E-state index in [9.17, 15) is 9.59 Å². The van der Waals surface area contributed by atoms with Crippen LogP contribution in [0.5, 0.6) is 0 Å². The monoisotopic (exact) mass is 335 g/mol. The van der Waals surface area contributed by atoms with Crippen molar-refractivity contribution in [3.63, 3.8) is 0 Å². The number of ketones is 1. The Morgan fingerprint density at radius 3 is 2.54 bits per heavy atom. The van der Waals surface area contributed by atoms with Gasteiger partial charge in [-0.1, -0.05) is 0 Å². The lowest BCUT2D eigenvalue weighted by molar-refractivity contribution is -0.123. The Labute approximate surface area is 141 Å². The summed E-state index contributed by atoms with van der Waals surface area (Å²) in [6.07, 6.45) is 3.81. The number of Topliss-reactive ketones (excluding diaryl/α,β-unsaturated/α-hetero) is 1. The van der Waals surface area contributed by atoms with E-state index in [4.69, 9.17) is 9.15 Å². The lowest BCUT2D eigenvalue weighted by atomic mass is 10.2. The van der Waals surface area contributed by atoms with Crippen molar-refractivity contribution in [2.45, 2.75) is 18.9 Å². The minimum atomic E-state index is 0.00255. The molecular formula is C17H25N3O4. The van der Waals surface area contributed by atoms with E-state index in [1.807, 2.05) is 0 Å². The highest BCUT2D eigenvalue weighted by Crippen LogP contribution is 2.10. The molecule has 0 aliphatic carbocycles. The topological polar surface area (TPSA) is 75.0 Å². The van der Waals surface area contributed by atoms with Gasteiger partial charge < -0.3 is 14.5 Å². The lowest BCUT2D eigenvalue weighted by Gasteiger charge is -2.33. The zero-order chi connectivity index (χ0) is 16.8. The SMILES string of the molecule is O=C(CN1CCN(CC(=O)c2ccco2)CC1)NCC1CCCO1. The van der Waals surface area contributed by atoms with Crippen LogP contribution in [-0.2, 0) is 9.53 Å². The van der Waals surface area contributed by atoms with Crippen LogP contribution in [0.3, 0.4) is 0 Å². The summed E-state index contributed by atoms with van der Waals surface area (Å²) in [6.45, 7) is 5.34. The van der Waals surface area contributed by atoms with Gasteiger partial charge in [0, 0.05) is 39.3 Å². The first-order valence-electron chi connectivity index (χ1n) is 8.60. The highest BCUT2D eigenvalue weighted by atomic mass is 16.5. The van der Waals surface area contributed by atoms with Crippen LogP contribution in [0.15, 0.2) is 22.8 Å². The molecule has 2 aliphatic rings. The zero-order valence-electron chi connectivity index (χ0n) is 13.9. The second-order valence-electron chi connectivity index (χ2n) is 6.39. The third-order valence-corrected chi connectivity index (χ3v) is 4.55. The van der Waals surface area contributed by atoms with Gasteiger partial charge >= 0.3 is 0 Å². The van der Waals surface area contributed by atoms with Gasteiger partial charge in [0.1, 0.15) is 0 Å². The zero-order valence-corrected chi connectivity index (χ0v) is 13.9. The average Bonchev–Trinajstić information content (AvgIpc) is 3.28. The van der Waals surface area contributed by atoms with Gasteiger partial charge in [-0.3, -0.25) is 19.4 Å². The van der Waals surface area contributed by atoms with Crippen molar-refractivity contribution in [2.24, 2.45) is 0 Å². The van der Waals surface area contributed by atoms with E-state index >= 15 is 0 Å². The first-order valence-corrected chi connectivity index (χ1v) is 8.60. The molecule has 0 aromatic carbocycles. The van der Waals surface area contributed by atoms with Crippen molar-refractivity contribution < 1.29 is 18.7 Å². The van der Waals surface area contributed by atoms with Crippen LogP contribution in [0.4, 0.5) is 0 Å². The summed E-state index contributed by atoms with van der Waals surface area (Å²) in [7, 11) is 0. The number of nitrogens with zero attached hydrogens (tertiary/aromatic N) is 2. The van der Waals surface area contributed by atoms with Crippen LogP contribution in [0.2, 0.25) is 0 Å². The molecule has 1 amide bonds. The molecule has 1 unspecified atom stereocenters. The number of ether oxygens (including phenoxy) is 1. The average molecular weight is 335 g/mol. The summed E-state index contributed by atoms with van der Waals surface area (Å²) in [5.41, 5.74) is 0. The first kappa shape index (κ1) is 17.1. The molecule has 24 heavy (non-hydrogen) atoms. The maximum atomic E-state index is 12.0. The smallest absolute Gasteiger partial charge is 0.234 e. The molecule has 1 aromatic rings. The molecule has 3 heterocycles. The number of carbonyl (C=O) groups is 2. The van der Waals surface area contributed by atoms with Gasteiger partial charge in [-0.15, -0.1) is 0 Å². The molecule has 2 aliphatic heterocycles. The summed E-state index contributed by atoms with van der Waals surface area (Å²) in [5, 5.41) is 2.95. The second kappa shape index (κ2) is 8.41. The summed E-state index contributed by atoms with van der Waals surface area (Å²) >= 11 is 0. The minimum Gasteiger partial charge on any atom is -0.461 e. The molecule has 0 saturated carbocycles. The van der Waals surface area contributed by atoms with E-state index in [1.54, 1.807) is 12.1 Å². The normalized spacial score (nSPS) is 22.6. The fourth-order valence-corrected chi connectivity index (χ4v) is 3.12. The third-order valence-electron chi connectivity index (χ3n) is 4.55. The van der Waals surface area contributed by atoms with Crippen molar-refractivity contribution in [1.29, 1.82) is 0 Å². The molecule has 1 atom stereocenters. The van der Waals surface area contributed by atoms with E-state index in [-0.39, 0.29) is 17.8 Å². The number of rotatable bonds is 7. The number of carbonyl (C=O) groups excluding carboxylic acids is 2. The fraction of sp³-hybridized carbons (Fsp3) is 0.647. The Balaban J connectivity index is 1.32. The van der Waals surface area contributed by atoms with E-state index in [1.165, 1.54) is 6.26 Å². The van der Waals surface area contributed by atoms with Gasteiger partial charge in [0.15, 0.2) is 5.76 Å². The van der Waals surface area contributed by atoms with Crippen LogP contribution < -0.4 is 5.32 Å². The summed E-state index contributed by atoms with van der Waals surface area (Å²) in [5.74, 6) is 0.458. The maximum absolute atomic E-state index is 12.0. The van der Waals surface area contributed by atoms with Gasteiger partial charge in [-0.05, 0) is 25.0 Å². The molecule has 3 rings (SSSR count). The molecule has 7 heteroatoms. The Kier molecular flexibility index (Phi) is 6.01. The lowest BCUT2D eigenvalue weighted by Crippen LogP contribution is -2.50. The molecule has 132 valence electrons. The number of furan rings is 1. The highest BCUT2D eigenvalue weighted by molar-refractivity contribution is 5.95. The molecule has 2 saturated heterocycles. The Morgan fingerprint density at radius 2 is 1.92 bits per heavy atom.